The van der Waals surface area contributed by atoms with Crippen LogP contribution < -0.4 is 10.3 Å². The molecule has 0 saturated heterocycles. The molecule has 0 amide bonds. The van der Waals surface area contributed by atoms with E-state index in [4.69, 9.17) is 16.3 Å². The molecule has 2 heterocycles. The van der Waals surface area contributed by atoms with Gasteiger partial charge in [-0.25, -0.2) is 0 Å². The van der Waals surface area contributed by atoms with Crippen LogP contribution in [0.3, 0.4) is 0 Å². The lowest BCUT2D eigenvalue weighted by Crippen LogP contribution is -2.25. The van der Waals surface area contributed by atoms with Gasteiger partial charge < -0.3 is 9.64 Å². The number of nitrogens with zero attached hydrogens (tertiary/aromatic N) is 3. The van der Waals surface area contributed by atoms with Gasteiger partial charge in [0.05, 0.1) is 10.7 Å². The molecule has 0 spiro atoms. The van der Waals surface area contributed by atoms with Crippen molar-refractivity contribution in [3.8, 4) is 11.4 Å². The Balaban J connectivity index is 1.63. The summed E-state index contributed by atoms with van der Waals surface area (Å²) in [5.41, 5.74) is 2.72. The standard InChI is InChI=1S/C23H26ClN3O2/c1-3-26(4-2)13-11-18-5-9-21(10-6-18)27-14-12-22(15-23(27)28)29-17-20-8-7-19(24)16-25-20/h5-10,12,14-16H,3-4,11,13,17H2,1-2H3. The summed E-state index contributed by atoms with van der Waals surface area (Å²) in [6.45, 7) is 7.80. The van der Waals surface area contributed by atoms with Crippen molar-refractivity contribution in [3.63, 3.8) is 0 Å². The molecule has 6 heteroatoms. The maximum absolute atomic E-state index is 12.5. The molecule has 2 aromatic heterocycles. The third kappa shape index (κ3) is 5.92. The molecule has 0 radical (unpaired) electrons. The first-order chi connectivity index (χ1) is 14.1. The minimum Gasteiger partial charge on any atom is -0.487 e. The smallest absolute Gasteiger partial charge is 0.258 e. The topological polar surface area (TPSA) is 47.4 Å². The lowest BCUT2D eigenvalue weighted by Gasteiger charge is -2.17. The highest BCUT2D eigenvalue weighted by atomic mass is 35.5. The summed E-state index contributed by atoms with van der Waals surface area (Å²) in [6.07, 6.45) is 4.31. The Morgan fingerprint density at radius 2 is 1.83 bits per heavy atom. The van der Waals surface area contributed by atoms with Crippen molar-refractivity contribution in [1.82, 2.24) is 14.5 Å². The van der Waals surface area contributed by atoms with E-state index in [9.17, 15) is 4.79 Å². The van der Waals surface area contributed by atoms with Gasteiger partial charge in [0, 0.05) is 30.7 Å². The van der Waals surface area contributed by atoms with Gasteiger partial charge in [-0.05, 0) is 55.4 Å². The van der Waals surface area contributed by atoms with Gasteiger partial charge in [-0.3, -0.25) is 14.3 Å². The second-order valence-corrected chi connectivity index (χ2v) is 7.21. The Morgan fingerprint density at radius 3 is 2.45 bits per heavy atom. The van der Waals surface area contributed by atoms with Crippen LogP contribution >= 0.6 is 11.6 Å². The van der Waals surface area contributed by atoms with Crippen molar-refractivity contribution in [3.05, 3.63) is 87.6 Å². The Hall–Kier alpha value is -2.63. The van der Waals surface area contributed by atoms with E-state index >= 15 is 0 Å². The van der Waals surface area contributed by atoms with Crippen LogP contribution in [-0.4, -0.2) is 34.1 Å². The number of rotatable bonds is 9. The maximum Gasteiger partial charge on any atom is 0.258 e. The van der Waals surface area contributed by atoms with Crippen molar-refractivity contribution in [2.75, 3.05) is 19.6 Å². The van der Waals surface area contributed by atoms with E-state index in [0.29, 0.717) is 10.8 Å². The molecular weight excluding hydrogens is 386 g/mol. The highest BCUT2D eigenvalue weighted by molar-refractivity contribution is 6.30. The minimum atomic E-state index is -0.137. The van der Waals surface area contributed by atoms with Crippen LogP contribution in [0.4, 0.5) is 0 Å². The van der Waals surface area contributed by atoms with Crippen molar-refractivity contribution in [2.24, 2.45) is 0 Å². The van der Waals surface area contributed by atoms with Gasteiger partial charge in [0.2, 0.25) is 0 Å². The molecule has 29 heavy (non-hydrogen) atoms. The third-order valence-electron chi connectivity index (χ3n) is 4.89. The molecule has 0 bridgehead atoms. The van der Waals surface area contributed by atoms with E-state index in [1.54, 1.807) is 35.2 Å². The molecule has 3 rings (SSSR count). The Labute approximate surface area is 176 Å². The maximum atomic E-state index is 12.5. The molecule has 5 nitrogen and oxygen atoms in total. The first-order valence-corrected chi connectivity index (χ1v) is 10.2. The summed E-state index contributed by atoms with van der Waals surface area (Å²) in [6, 6.07) is 15.0. The largest absolute Gasteiger partial charge is 0.487 e. The number of halogens is 1. The fourth-order valence-electron chi connectivity index (χ4n) is 3.06. The predicted molar refractivity (Wildman–Crippen MR) is 117 cm³/mol. The number of benzene rings is 1. The number of likely N-dealkylation sites (N-methyl/N-ethyl adjacent to an activating group) is 1. The zero-order chi connectivity index (χ0) is 20.6. The first kappa shape index (κ1) is 21.1. The molecule has 152 valence electrons. The van der Waals surface area contributed by atoms with E-state index in [1.807, 2.05) is 12.1 Å². The van der Waals surface area contributed by atoms with E-state index in [2.05, 4.69) is 35.9 Å². The summed E-state index contributed by atoms with van der Waals surface area (Å²) in [4.78, 5) is 19.1. The fraction of sp³-hybridized carbons (Fsp3) is 0.304. The molecule has 0 aliphatic rings. The van der Waals surface area contributed by atoms with Crippen LogP contribution in [0.1, 0.15) is 25.1 Å². The average Bonchev–Trinajstić information content (AvgIpc) is 2.75. The lowest BCUT2D eigenvalue weighted by atomic mass is 10.1. The van der Waals surface area contributed by atoms with Crippen LogP contribution in [0, 0.1) is 0 Å². The summed E-state index contributed by atoms with van der Waals surface area (Å²) >= 11 is 5.83. The molecule has 0 saturated carbocycles. The van der Waals surface area contributed by atoms with E-state index < -0.39 is 0 Å². The van der Waals surface area contributed by atoms with Crippen molar-refractivity contribution in [2.45, 2.75) is 26.9 Å². The predicted octanol–water partition coefficient (Wildman–Crippen LogP) is 4.35. The third-order valence-corrected chi connectivity index (χ3v) is 5.12. The number of ether oxygens (including phenoxy) is 1. The van der Waals surface area contributed by atoms with Crippen molar-refractivity contribution < 1.29 is 4.74 Å². The van der Waals surface area contributed by atoms with Crippen LogP contribution in [0.2, 0.25) is 5.02 Å². The molecule has 0 N–H and O–H groups in total. The van der Waals surface area contributed by atoms with Gasteiger partial charge in [-0.2, -0.15) is 0 Å². The van der Waals surface area contributed by atoms with Crippen LogP contribution in [0.5, 0.6) is 5.75 Å². The van der Waals surface area contributed by atoms with E-state index in [1.165, 1.54) is 11.6 Å². The molecule has 0 aliphatic carbocycles. The fourth-order valence-corrected chi connectivity index (χ4v) is 3.18. The van der Waals surface area contributed by atoms with Gasteiger partial charge in [-0.15, -0.1) is 0 Å². The SMILES string of the molecule is CCN(CC)CCc1ccc(-n2ccc(OCc3ccc(Cl)cn3)cc2=O)cc1. The normalized spacial score (nSPS) is 11.0. The Kier molecular flexibility index (Phi) is 7.44. The number of aromatic nitrogens is 2. The molecule has 0 aliphatic heterocycles. The highest BCUT2D eigenvalue weighted by Crippen LogP contribution is 2.14. The number of hydrogen-bond donors (Lipinski definition) is 0. The first-order valence-electron chi connectivity index (χ1n) is 9.86. The van der Waals surface area contributed by atoms with Crippen molar-refractivity contribution >= 4 is 11.6 Å². The van der Waals surface area contributed by atoms with Gasteiger partial charge in [0.1, 0.15) is 12.4 Å². The zero-order valence-corrected chi connectivity index (χ0v) is 17.6. The van der Waals surface area contributed by atoms with Crippen LogP contribution in [0.25, 0.3) is 5.69 Å². The number of hydrogen-bond acceptors (Lipinski definition) is 4. The summed E-state index contributed by atoms with van der Waals surface area (Å²) in [5, 5.41) is 0.579. The molecule has 1 aromatic carbocycles. The van der Waals surface area contributed by atoms with E-state index in [0.717, 1.165) is 37.4 Å². The quantitative estimate of drug-likeness (QED) is 0.525. The van der Waals surface area contributed by atoms with Gasteiger partial charge in [-0.1, -0.05) is 37.6 Å². The zero-order valence-electron chi connectivity index (χ0n) is 16.8. The Bertz CT molecular complexity index is 965. The van der Waals surface area contributed by atoms with Crippen molar-refractivity contribution in [1.29, 1.82) is 0 Å². The van der Waals surface area contributed by atoms with Crippen LogP contribution in [0.15, 0.2) is 65.7 Å². The second kappa shape index (κ2) is 10.2. The van der Waals surface area contributed by atoms with Gasteiger partial charge >= 0.3 is 0 Å². The Morgan fingerprint density at radius 1 is 1.07 bits per heavy atom. The molecular formula is C23H26ClN3O2. The molecule has 3 aromatic rings. The highest BCUT2D eigenvalue weighted by Gasteiger charge is 2.05. The molecule has 0 atom stereocenters. The minimum absolute atomic E-state index is 0.137. The molecule has 0 unspecified atom stereocenters. The van der Waals surface area contributed by atoms with Crippen LogP contribution in [-0.2, 0) is 13.0 Å². The summed E-state index contributed by atoms with van der Waals surface area (Å²) in [5.74, 6) is 0.513. The van der Waals surface area contributed by atoms with E-state index in [-0.39, 0.29) is 12.2 Å². The summed E-state index contributed by atoms with van der Waals surface area (Å²) < 4.78 is 7.29. The van der Waals surface area contributed by atoms with Gasteiger partial charge in [0.25, 0.3) is 5.56 Å². The molecule has 0 fully saturated rings. The number of pyridine rings is 2. The average molecular weight is 412 g/mol. The second-order valence-electron chi connectivity index (χ2n) is 6.77. The monoisotopic (exact) mass is 411 g/mol. The van der Waals surface area contributed by atoms with Gasteiger partial charge in [0.15, 0.2) is 0 Å². The lowest BCUT2D eigenvalue weighted by molar-refractivity contribution is 0.300. The summed E-state index contributed by atoms with van der Waals surface area (Å²) in [7, 11) is 0.